The van der Waals surface area contributed by atoms with Crippen molar-refractivity contribution in [1.82, 2.24) is 16.0 Å². The summed E-state index contributed by atoms with van der Waals surface area (Å²) in [7, 11) is 0. The molecule has 1 aromatic carbocycles. The van der Waals surface area contributed by atoms with Gasteiger partial charge in [-0.1, -0.05) is 30.3 Å². The predicted octanol–water partition coefficient (Wildman–Crippen LogP) is -1.92. The Bertz CT molecular complexity index is 1010. The summed E-state index contributed by atoms with van der Waals surface area (Å²) in [6.45, 7) is 3.08. The third kappa shape index (κ3) is 13.3. The maximum absolute atomic E-state index is 13.0. The molecule has 0 bridgehead atoms. The average Bonchev–Trinajstić information content (AvgIpc) is 2.95. The lowest BCUT2D eigenvalue weighted by Crippen LogP contribution is -2.60. The fourth-order valence-corrected chi connectivity index (χ4v) is 4.26. The number of carbonyl (C=O) groups is 4. The van der Waals surface area contributed by atoms with E-state index in [-0.39, 0.29) is 33.0 Å². The fourth-order valence-electron chi connectivity index (χ4n) is 4.26. The van der Waals surface area contributed by atoms with Crippen molar-refractivity contribution in [3.05, 3.63) is 35.9 Å². The smallest absolute Gasteiger partial charge is 0.312 e. The van der Waals surface area contributed by atoms with Crippen molar-refractivity contribution in [2.24, 2.45) is 0 Å². The van der Waals surface area contributed by atoms with Gasteiger partial charge in [-0.25, -0.2) is 0 Å². The molecular weight excluding hydrogens is 570 g/mol. The standard InChI is InChI=1S/C28H43N3O12/c1-17(13-41-14-19-7-4-3-5-8-19)43-27(20(12-32)30-18(2)33)28(39)29-9-6-10-40-16-22-26(38)25(37)21(15-42-22)31-23(34)11-24(35)36/h3-5,7-8,17,20-22,25-27,32,37-38H,6,9-16H2,1-2H3,(H,29,39)(H,30,33)(H,31,34)(H,35,36)/t17?,20-,21?,22?,25?,26?,27?/m0/s1. The number of aliphatic hydroxyl groups is 3. The maximum atomic E-state index is 13.0. The zero-order valence-electron chi connectivity index (χ0n) is 24.3. The van der Waals surface area contributed by atoms with Crippen LogP contribution in [0.1, 0.15) is 32.3 Å². The van der Waals surface area contributed by atoms with Gasteiger partial charge in [0.05, 0.1) is 51.2 Å². The van der Waals surface area contributed by atoms with Crippen LogP contribution in [0.5, 0.6) is 0 Å². The van der Waals surface area contributed by atoms with E-state index < -0.39 is 79.3 Å². The van der Waals surface area contributed by atoms with Gasteiger partial charge in [-0.3, -0.25) is 19.2 Å². The summed E-state index contributed by atoms with van der Waals surface area (Å²) in [6, 6.07) is 7.57. The van der Waals surface area contributed by atoms with Gasteiger partial charge < -0.3 is 55.3 Å². The molecule has 1 aromatic rings. The van der Waals surface area contributed by atoms with E-state index in [2.05, 4.69) is 16.0 Å². The first kappa shape index (κ1) is 36.0. The molecule has 3 amide bonds. The van der Waals surface area contributed by atoms with E-state index in [1.165, 1.54) is 6.92 Å². The van der Waals surface area contributed by atoms with E-state index in [1.807, 2.05) is 30.3 Å². The lowest BCUT2D eigenvalue weighted by atomic mass is 9.98. The predicted molar refractivity (Wildman–Crippen MR) is 150 cm³/mol. The van der Waals surface area contributed by atoms with E-state index in [4.69, 9.17) is 24.1 Å². The van der Waals surface area contributed by atoms with Crippen LogP contribution in [0.25, 0.3) is 0 Å². The van der Waals surface area contributed by atoms with Crippen molar-refractivity contribution in [1.29, 1.82) is 0 Å². The molecule has 0 aromatic heterocycles. The van der Waals surface area contributed by atoms with E-state index >= 15 is 0 Å². The molecule has 1 heterocycles. The molecule has 242 valence electrons. The lowest BCUT2D eigenvalue weighted by molar-refractivity contribution is -0.170. The number of hydrogen-bond donors (Lipinski definition) is 7. The third-order valence-electron chi connectivity index (χ3n) is 6.39. The molecule has 0 aliphatic carbocycles. The molecule has 43 heavy (non-hydrogen) atoms. The van der Waals surface area contributed by atoms with Crippen LogP contribution in [-0.2, 0) is 44.7 Å². The van der Waals surface area contributed by atoms with Crippen LogP contribution in [0, 0.1) is 0 Å². The van der Waals surface area contributed by atoms with Crippen molar-refractivity contribution in [3.8, 4) is 0 Å². The second-order valence-corrected chi connectivity index (χ2v) is 10.2. The molecule has 1 saturated heterocycles. The van der Waals surface area contributed by atoms with Crippen LogP contribution in [0.3, 0.4) is 0 Å². The lowest BCUT2D eigenvalue weighted by Gasteiger charge is -2.37. The molecule has 1 aliphatic heterocycles. The number of amides is 3. The van der Waals surface area contributed by atoms with Crippen LogP contribution >= 0.6 is 0 Å². The molecule has 0 spiro atoms. The van der Waals surface area contributed by atoms with Gasteiger partial charge in [0.2, 0.25) is 11.8 Å². The highest BCUT2D eigenvalue weighted by atomic mass is 16.6. The Labute approximate surface area is 249 Å². The molecule has 1 aliphatic rings. The van der Waals surface area contributed by atoms with Crippen molar-refractivity contribution < 1.29 is 58.6 Å². The molecule has 15 heteroatoms. The summed E-state index contributed by atoms with van der Waals surface area (Å²) < 4.78 is 22.5. The second-order valence-electron chi connectivity index (χ2n) is 10.2. The Kier molecular flexibility index (Phi) is 16.1. The minimum Gasteiger partial charge on any atom is -0.481 e. The average molecular weight is 614 g/mol. The fraction of sp³-hybridized carbons (Fsp3) is 0.643. The summed E-state index contributed by atoms with van der Waals surface area (Å²) in [5, 5.41) is 46.6. The van der Waals surface area contributed by atoms with E-state index in [0.29, 0.717) is 13.0 Å². The molecule has 6 unspecified atom stereocenters. The van der Waals surface area contributed by atoms with E-state index in [0.717, 1.165) is 5.56 Å². The van der Waals surface area contributed by atoms with Gasteiger partial charge in [0.1, 0.15) is 24.7 Å². The molecule has 15 nitrogen and oxygen atoms in total. The number of benzene rings is 1. The second kappa shape index (κ2) is 19.2. The number of carbonyl (C=O) groups excluding carboxylic acids is 3. The highest BCUT2D eigenvalue weighted by Crippen LogP contribution is 2.16. The SMILES string of the molecule is CC(=O)N[C@@H](CO)C(OC(C)COCc1ccccc1)C(=O)NCCCOCC1OCC(NC(=O)CC(=O)O)C(O)C1O. The Hall–Kier alpha value is -3.18. The van der Waals surface area contributed by atoms with Crippen LogP contribution in [-0.4, -0.2) is 126 Å². The van der Waals surface area contributed by atoms with Gasteiger partial charge in [-0.15, -0.1) is 0 Å². The molecule has 7 N–H and O–H groups in total. The van der Waals surface area contributed by atoms with Crippen LogP contribution < -0.4 is 16.0 Å². The van der Waals surface area contributed by atoms with Gasteiger partial charge >= 0.3 is 5.97 Å². The summed E-state index contributed by atoms with van der Waals surface area (Å²) in [5.74, 6) is -3.12. The summed E-state index contributed by atoms with van der Waals surface area (Å²) >= 11 is 0. The minimum atomic E-state index is -1.38. The number of ether oxygens (including phenoxy) is 4. The van der Waals surface area contributed by atoms with Crippen molar-refractivity contribution >= 4 is 23.7 Å². The molecular formula is C28H43N3O12. The molecule has 0 radical (unpaired) electrons. The third-order valence-corrected chi connectivity index (χ3v) is 6.39. The monoisotopic (exact) mass is 613 g/mol. The molecule has 1 fully saturated rings. The molecule has 0 saturated carbocycles. The van der Waals surface area contributed by atoms with Crippen molar-refractivity contribution in [3.63, 3.8) is 0 Å². The van der Waals surface area contributed by atoms with Gasteiger partial charge in [-0.05, 0) is 18.9 Å². The van der Waals surface area contributed by atoms with Crippen LogP contribution in [0.2, 0.25) is 0 Å². The number of rotatable bonds is 19. The van der Waals surface area contributed by atoms with Crippen molar-refractivity contribution in [2.75, 3.05) is 39.6 Å². The number of carboxylic acid groups (broad SMARTS) is 1. The number of aliphatic carboxylic acids is 1. The maximum Gasteiger partial charge on any atom is 0.312 e. The molecule has 7 atom stereocenters. The van der Waals surface area contributed by atoms with E-state index in [9.17, 15) is 34.5 Å². The normalized spacial score (nSPS) is 22.2. The quantitative estimate of drug-likeness (QED) is 0.0670. The largest absolute Gasteiger partial charge is 0.481 e. The summed E-state index contributed by atoms with van der Waals surface area (Å²) in [5.41, 5.74) is 0.976. The first-order valence-electron chi connectivity index (χ1n) is 14.0. The Morgan fingerprint density at radius 3 is 2.47 bits per heavy atom. The topological polar surface area (TPSA) is 222 Å². The van der Waals surface area contributed by atoms with Crippen molar-refractivity contribution in [2.45, 2.75) is 75.9 Å². The highest BCUT2D eigenvalue weighted by molar-refractivity contribution is 5.93. The first-order chi connectivity index (χ1) is 20.5. The molecule has 2 rings (SSSR count). The Morgan fingerprint density at radius 2 is 1.81 bits per heavy atom. The van der Waals surface area contributed by atoms with Gasteiger partial charge in [0.15, 0.2) is 6.10 Å². The number of nitrogens with one attached hydrogen (secondary N) is 3. The van der Waals surface area contributed by atoms with Crippen LogP contribution in [0.15, 0.2) is 30.3 Å². The number of hydrogen-bond acceptors (Lipinski definition) is 11. The summed E-state index contributed by atoms with van der Waals surface area (Å²) in [4.78, 5) is 46.8. The first-order valence-corrected chi connectivity index (χ1v) is 14.0. The number of aliphatic hydroxyl groups excluding tert-OH is 3. The summed E-state index contributed by atoms with van der Waals surface area (Å²) in [6.07, 6.45) is -5.80. The number of carboxylic acids is 1. The highest BCUT2D eigenvalue weighted by Gasteiger charge is 2.39. The van der Waals surface area contributed by atoms with Gasteiger partial charge in [-0.2, -0.15) is 0 Å². The van der Waals surface area contributed by atoms with Gasteiger partial charge in [0, 0.05) is 20.1 Å². The van der Waals surface area contributed by atoms with E-state index in [1.54, 1.807) is 6.92 Å². The van der Waals surface area contributed by atoms with Gasteiger partial charge in [0.25, 0.3) is 5.91 Å². The zero-order chi connectivity index (χ0) is 31.8. The minimum absolute atomic E-state index is 0.0800. The Balaban J connectivity index is 1.75. The zero-order valence-corrected chi connectivity index (χ0v) is 24.3. The van der Waals surface area contributed by atoms with Crippen LogP contribution in [0.4, 0.5) is 0 Å². The Morgan fingerprint density at radius 1 is 1.09 bits per heavy atom.